The lowest BCUT2D eigenvalue weighted by Gasteiger charge is -2.34. The maximum absolute atomic E-state index is 13.2. The number of likely N-dealkylation sites (N-methyl/N-ethyl adjacent to an activating group) is 1. The summed E-state index contributed by atoms with van der Waals surface area (Å²) >= 11 is 0. The van der Waals surface area contributed by atoms with Crippen molar-refractivity contribution in [2.45, 2.75) is 6.92 Å². The maximum atomic E-state index is 13.2. The highest BCUT2D eigenvalue weighted by atomic mass is 16.3. The largest absolute Gasteiger partial charge is 0.443 e. The van der Waals surface area contributed by atoms with Gasteiger partial charge >= 0.3 is 0 Å². The van der Waals surface area contributed by atoms with Crippen molar-refractivity contribution in [3.8, 4) is 11.3 Å². The van der Waals surface area contributed by atoms with Crippen LogP contribution < -0.4 is 20.9 Å². The van der Waals surface area contributed by atoms with Crippen LogP contribution in [0.5, 0.6) is 0 Å². The molecule has 2 amide bonds. The molecule has 0 unspecified atom stereocenters. The number of carbonyl (C=O) groups excluding carboxylic acids is 2. The fraction of sp³-hybridized carbons (Fsp3) is 0.182. The number of piperazine rings is 1. The summed E-state index contributed by atoms with van der Waals surface area (Å²) in [5.41, 5.74) is 4.98. The molecule has 0 atom stereocenters. The Balaban J connectivity index is 1.07. The predicted molar refractivity (Wildman–Crippen MR) is 170 cm³/mol. The number of nitrogens with one attached hydrogen (secondary N) is 3. The normalized spacial score (nSPS) is 13.4. The van der Waals surface area contributed by atoms with Gasteiger partial charge < -0.3 is 30.2 Å². The van der Waals surface area contributed by atoms with Gasteiger partial charge in [0.25, 0.3) is 11.8 Å². The number of amides is 2. The molecule has 0 aliphatic carbocycles. The molecule has 1 aliphatic heterocycles. The lowest BCUT2D eigenvalue weighted by molar-refractivity contribution is 0.101. The second-order valence-corrected chi connectivity index (χ2v) is 10.6. The molecular weight excluding hydrogens is 556 g/mol. The molecule has 1 aliphatic rings. The minimum absolute atomic E-state index is 0.152. The standard InChI is InChI=1S/C33H32N8O3/c1-22-8-9-25(37-32(43)29-30(44-21-36-29)23-6-4-3-5-7-23)18-28(22)31(42)38-26-19-34-33(35-20-26)39-24-10-12-27(13-11-24)41-16-14-40(2)15-17-41/h3-13,18-21H,14-17H2,1-2H3,(H,37,43)(H,38,42)(H,34,35,39). The van der Waals surface area contributed by atoms with Gasteiger partial charge in [0.15, 0.2) is 17.8 Å². The van der Waals surface area contributed by atoms with E-state index in [-0.39, 0.29) is 11.6 Å². The zero-order valence-electron chi connectivity index (χ0n) is 24.4. The zero-order chi connectivity index (χ0) is 30.5. The number of hydrogen-bond acceptors (Lipinski definition) is 9. The summed E-state index contributed by atoms with van der Waals surface area (Å²) in [4.78, 5) is 43.7. The summed E-state index contributed by atoms with van der Waals surface area (Å²) in [7, 11) is 2.14. The molecule has 44 heavy (non-hydrogen) atoms. The molecule has 6 rings (SSSR count). The molecule has 3 aromatic carbocycles. The number of benzene rings is 3. The van der Waals surface area contributed by atoms with Gasteiger partial charge in [-0.1, -0.05) is 36.4 Å². The van der Waals surface area contributed by atoms with Crippen LogP contribution in [0.4, 0.5) is 28.7 Å². The van der Waals surface area contributed by atoms with Gasteiger partial charge in [-0.3, -0.25) is 9.59 Å². The summed E-state index contributed by atoms with van der Waals surface area (Å²) < 4.78 is 5.47. The second-order valence-electron chi connectivity index (χ2n) is 10.6. The smallest absolute Gasteiger partial charge is 0.278 e. The summed E-state index contributed by atoms with van der Waals surface area (Å²) in [5, 5.41) is 8.85. The van der Waals surface area contributed by atoms with Crippen LogP contribution in [-0.4, -0.2) is 64.9 Å². The Kier molecular flexibility index (Phi) is 8.28. The number of aryl methyl sites for hydroxylation is 1. The van der Waals surface area contributed by atoms with E-state index in [1.807, 2.05) is 49.4 Å². The van der Waals surface area contributed by atoms with E-state index in [9.17, 15) is 9.59 Å². The van der Waals surface area contributed by atoms with Gasteiger partial charge in [-0.15, -0.1) is 0 Å². The van der Waals surface area contributed by atoms with E-state index >= 15 is 0 Å². The minimum Gasteiger partial charge on any atom is -0.443 e. The molecule has 1 saturated heterocycles. The van der Waals surface area contributed by atoms with E-state index in [0.717, 1.165) is 43.0 Å². The Morgan fingerprint density at radius 1 is 0.773 bits per heavy atom. The van der Waals surface area contributed by atoms with Crippen LogP contribution >= 0.6 is 0 Å². The van der Waals surface area contributed by atoms with E-state index in [2.05, 4.69) is 59.9 Å². The summed E-state index contributed by atoms with van der Waals surface area (Å²) in [6, 6.07) is 22.6. The Labute approximate surface area is 255 Å². The molecule has 0 saturated carbocycles. The summed E-state index contributed by atoms with van der Waals surface area (Å²) in [6.45, 7) is 5.95. The molecule has 0 spiro atoms. The van der Waals surface area contributed by atoms with Crippen LogP contribution in [0.2, 0.25) is 0 Å². The second kappa shape index (κ2) is 12.8. The first-order valence-corrected chi connectivity index (χ1v) is 14.3. The molecule has 11 heteroatoms. The quantitative estimate of drug-likeness (QED) is 0.217. The summed E-state index contributed by atoms with van der Waals surface area (Å²) in [5.74, 6) is -0.0140. The van der Waals surface area contributed by atoms with Crippen LogP contribution in [0.3, 0.4) is 0 Å². The highest BCUT2D eigenvalue weighted by Gasteiger charge is 2.20. The molecule has 3 heterocycles. The monoisotopic (exact) mass is 588 g/mol. The number of carbonyl (C=O) groups is 2. The topological polar surface area (TPSA) is 129 Å². The molecule has 5 aromatic rings. The molecule has 0 radical (unpaired) electrons. The minimum atomic E-state index is -0.446. The third-order valence-corrected chi connectivity index (χ3v) is 7.46. The molecule has 1 fully saturated rings. The highest BCUT2D eigenvalue weighted by Crippen LogP contribution is 2.25. The molecular formula is C33H32N8O3. The lowest BCUT2D eigenvalue weighted by atomic mass is 10.1. The van der Waals surface area contributed by atoms with Crippen molar-refractivity contribution in [2.24, 2.45) is 0 Å². The molecule has 2 aromatic heterocycles. The van der Waals surface area contributed by atoms with Gasteiger partial charge in [0.05, 0.1) is 18.1 Å². The van der Waals surface area contributed by atoms with Crippen molar-refractivity contribution in [1.29, 1.82) is 0 Å². The van der Waals surface area contributed by atoms with E-state index < -0.39 is 5.91 Å². The third-order valence-electron chi connectivity index (χ3n) is 7.46. The van der Waals surface area contributed by atoms with Gasteiger partial charge in [0.1, 0.15) is 0 Å². The number of oxazole rings is 1. The number of aromatic nitrogens is 3. The van der Waals surface area contributed by atoms with Crippen molar-refractivity contribution in [1.82, 2.24) is 19.9 Å². The van der Waals surface area contributed by atoms with Gasteiger partial charge in [0.2, 0.25) is 5.95 Å². The van der Waals surface area contributed by atoms with Crippen LogP contribution in [0.1, 0.15) is 26.4 Å². The van der Waals surface area contributed by atoms with Crippen LogP contribution in [-0.2, 0) is 0 Å². The summed E-state index contributed by atoms with van der Waals surface area (Å²) in [6.07, 6.45) is 4.32. The van der Waals surface area contributed by atoms with Crippen LogP contribution in [0.25, 0.3) is 11.3 Å². The Morgan fingerprint density at radius 2 is 1.45 bits per heavy atom. The number of rotatable bonds is 8. The Hall–Kier alpha value is -5.55. The SMILES string of the molecule is Cc1ccc(NC(=O)c2ncoc2-c2ccccc2)cc1C(=O)Nc1cnc(Nc2ccc(N3CCN(C)CC3)cc2)nc1. The zero-order valence-corrected chi connectivity index (χ0v) is 24.4. The van der Waals surface area contributed by atoms with Crippen LogP contribution in [0.15, 0.2) is 96.0 Å². The molecule has 11 nitrogen and oxygen atoms in total. The molecule has 3 N–H and O–H groups in total. The average molecular weight is 589 g/mol. The lowest BCUT2D eigenvalue weighted by Crippen LogP contribution is -2.44. The van der Waals surface area contributed by atoms with Crippen molar-refractivity contribution in [3.05, 3.63) is 108 Å². The molecule has 222 valence electrons. The van der Waals surface area contributed by atoms with Gasteiger partial charge in [-0.2, -0.15) is 0 Å². The first kappa shape index (κ1) is 28.6. The first-order valence-electron chi connectivity index (χ1n) is 14.3. The van der Waals surface area contributed by atoms with E-state index in [0.29, 0.717) is 28.6 Å². The van der Waals surface area contributed by atoms with Gasteiger partial charge in [-0.25, -0.2) is 15.0 Å². The van der Waals surface area contributed by atoms with E-state index in [1.165, 1.54) is 12.1 Å². The average Bonchev–Trinajstić information content (AvgIpc) is 3.55. The van der Waals surface area contributed by atoms with Crippen molar-refractivity contribution in [3.63, 3.8) is 0 Å². The molecule has 0 bridgehead atoms. The first-order chi connectivity index (χ1) is 21.4. The van der Waals surface area contributed by atoms with E-state index in [1.54, 1.807) is 30.6 Å². The van der Waals surface area contributed by atoms with Crippen molar-refractivity contribution < 1.29 is 14.0 Å². The third kappa shape index (κ3) is 6.58. The van der Waals surface area contributed by atoms with Crippen molar-refractivity contribution >= 4 is 40.5 Å². The Morgan fingerprint density at radius 3 is 2.18 bits per heavy atom. The van der Waals surface area contributed by atoms with E-state index in [4.69, 9.17) is 4.42 Å². The number of anilines is 5. The van der Waals surface area contributed by atoms with Crippen molar-refractivity contribution in [2.75, 3.05) is 54.1 Å². The fourth-order valence-corrected chi connectivity index (χ4v) is 4.94. The van der Waals surface area contributed by atoms with Gasteiger partial charge in [-0.05, 0) is 55.9 Å². The van der Waals surface area contributed by atoms with Gasteiger partial charge in [0, 0.05) is 54.4 Å². The highest BCUT2D eigenvalue weighted by molar-refractivity contribution is 6.09. The number of nitrogens with zero attached hydrogens (tertiary/aromatic N) is 5. The number of hydrogen-bond donors (Lipinski definition) is 3. The maximum Gasteiger partial charge on any atom is 0.278 e. The van der Waals surface area contributed by atoms with Crippen LogP contribution in [0, 0.1) is 6.92 Å². The Bertz CT molecular complexity index is 1750. The fourth-order valence-electron chi connectivity index (χ4n) is 4.94. The predicted octanol–water partition coefficient (Wildman–Crippen LogP) is 5.44.